The summed E-state index contributed by atoms with van der Waals surface area (Å²) in [6, 6.07) is 0. The molecule has 62 heavy (non-hydrogen) atoms. The summed E-state index contributed by atoms with van der Waals surface area (Å²) in [5, 5.41) is 21.7. The van der Waals surface area contributed by atoms with Crippen LogP contribution in [0.3, 0.4) is 0 Å². The molecule has 0 aromatic rings. The van der Waals surface area contributed by atoms with Crippen molar-refractivity contribution in [3.63, 3.8) is 0 Å². The maximum atomic E-state index is 13.2. The number of aliphatic hydroxyl groups is 2. The van der Waals surface area contributed by atoms with Crippen LogP contribution in [0.1, 0.15) is 148 Å². The quantitative estimate of drug-likeness (QED) is 0.0229. The molecule has 0 aromatic carbocycles. The number of phosphoric ester groups is 4. The Morgan fingerprint density at radius 2 is 0.871 bits per heavy atom. The molecule has 1 rings (SSSR count). The first kappa shape index (κ1) is 59.3. The first-order valence-electron chi connectivity index (χ1n) is 21.3. The van der Waals surface area contributed by atoms with Crippen LogP contribution < -0.4 is 5.73 Å². The maximum absolute atomic E-state index is 13.2. The van der Waals surface area contributed by atoms with Gasteiger partial charge in [0.1, 0.15) is 43.2 Å². The molecule has 0 aliphatic heterocycles. The van der Waals surface area contributed by atoms with Crippen LogP contribution in [0.25, 0.3) is 0 Å². The van der Waals surface area contributed by atoms with E-state index in [4.69, 9.17) is 24.3 Å². The fourth-order valence-corrected chi connectivity index (χ4v) is 9.33. The minimum Gasteiger partial charge on any atom is -0.462 e. The zero-order chi connectivity index (χ0) is 46.8. The normalized spacial score (nSPS) is 22.6. The Balaban J connectivity index is 2.98. The number of aliphatic hydroxyl groups excluding tert-OH is 2. The highest BCUT2D eigenvalue weighted by Crippen LogP contribution is 2.53. The van der Waals surface area contributed by atoms with E-state index in [1.54, 1.807) is 0 Å². The van der Waals surface area contributed by atoms with E-state index < -0.39 is 99.2 Å². The lowest BCUT2D eigenvalue weighted by molar-refractivity contribution is -0.209. The Morgan fingerprint density at radius 1 is 0.500 bits per heavy atom. The molecule has 1 saturated carbocycles. The van der Waals surface area contributed by atoms with Gasteiger partial charge >= 0.3 is 43.2 Å². The van der Waals surface area contributed by atoms with Crippen LogP contribution in [0.5, 0.6) is 0 Å². The van der Waals surface area contributed by atoms with Gasteiger partial charge in [-0.15, -0.1) is 0 Å². The van der Waals surface area contributed by atoms with Crippen LogP contribution in [0.2, 0.25) is 0 Å². The molecule has 0 saturated heterocycles. The van der Waals surface area contributed by atoms with E-state index in [0.717, 1.165) is 70.6 Å². The van der Waals surface area contributed by atoms with Gasteiger partial charge in [-0.05, 0) is 25.8 Å². The second-order valence-corrected chi connectivity index (χ2v) is 20.3. The summed E-state index contributed by atoms with van der Waals surface area (Å²) >= 11 is 0. The van der Waals surface area contributed by atoms with Crippen LogP contribution in [0.15, 0.2) is 0 Å². The van der Waals surface area contributed by atoms with Gasteiger partial charge < -0.3 is 59.7 Å². The third-order valence-electron chi connectivity index (χ3n) is 9.75. The summed E-state index contributed by atoms with van der Waals surface area (Å²) in [5.74, 6) is -1.42. The van der Waals surface area contributed by atoms with Crippen molar-refractivity contribution in [2.75, 3.05) is 19.8 Å². The third kappa shape index (κ3) is 29.0. The van der Waals surface area contributed by atoms with Crippen LogP contribution in [-0.2, 0) is 59.9 Å². The van der Waals surface area contributed by atoms with E-state index in [1.165, 1.54) is 44.9 Å². The molecule has 1 aliphatic carbocycles. The van der Waals surface area contributed by atoms with E-state index in [9.17, 15) is 72.3 Å². The number of phosphoric acid groups is 4. The van der Waals surface area contributed by atoms with E-state index >= 15 is 0 Å². The number of ether oxygens (including phenoxy) is 2. The third-order valence-corrected chi connectivity index (χ3v) is 12.3. The first-order valence-corrected chi connectivity index (χ1v) is 27.4. The lowest BCUT2D eigenvalue weighted by Gasteiger charge is -2.45. The monoisotopic (exact) mass is 981 g/mol. The molecule has 368 valence electrons. The van der Waals surface area contributed by atoms with Crippen LogP contribution >= 0.6 is 31.3 Å². The number of carbonyl (C=O) groups is 2. The van der Waals surface area contributed by atoms with Crippen LogP contribution in [-0.4, -0.2) is 119 Å². The number of nitrogens with two attached hydrogens (primary N) is 1. The first-order chi connectivity index (χ1) is 29.0. The molecule has 0 heterocycles. The highest BCUT2D eigenvalue weighted by Gasteiger charge is 2.59. The Morgan fingerprint density at radius 3 is 1.27 bits per heavy atom. The summed E-state index contributed by atoms with van der Waals surface area (Å²) in [6.07, 6.45) is 2.01. The lowest BCUT2D eigenvalue weighted by atomic mass is 9.85. The zero-order valence-electron chi connectivity index (χ0n) is 35.4. The van der Waals surface area contributed by atoms with Gasteiger partial charge in [-0.2, -0.15) is 0 Å². The number of rotatable bonds is 37. The van der Waals surface area contributed by atoms with Gasteiger partial charge in [0.25, 0.3) is 0 Å². The maximum Gasteiger partial charge on any atom is 0.472 e. The van der Waals surface area contributed by atoms with Crippen molar-refractivity contribution in [2.24, 2.45) is 5.73 Å². The van der Waals surface area contributed by atoms with Crippen molar-refractivity contribution in [3.05, 3.63) is 0 Å². The van der Waals surface area contributed by atoms with Gasteiger partial charge in [-0.1, -0.05) is 116 Å². The van der Waals surface area contributed by atoms with Gasteiger partial charge in [0, 0.05) is 12.8 Å². The molecule has 0 spiro atoms. The molecule has 1 aliphatic rings. The molecule has 0 aromatic heterocycles. The molecular weight excluding hydrogens is 910 g/mol. The van der Waals surface area contributed by atoms with Crippen molar-refractivity contribution < 1.29 is 104 Å². The molecule has 0 amide bonds. The smallest absolute Gasteiger partial charge is 0.462 e. The fourth-order valence-electron chi connectivity index (χ4n) is 6.68. The summed E-state index contributed by atoms with van der Waals surface area (Å²) < 4.78 is 81.6. The number of carbonyl (C=O) groups excluding carboxylic acids is 2. The number of hydrogen-bond donors (Lipinski definition) is 10. The van der Waals surface area contributed by atoms with E-state index in [2.05, 4.69) is 20.5 Å². The van der Waals surface area contributed by atoms with Crippen molar-refractivity contribution in [1.82, 2.24) is 0 Å². The van der Waals surface area contributed by atoms with E-state index in [0.29, 0.717) is 19.4 Å². The minimum absolute atomic E-state index is 0.0186. The average molecular weight is 982 g/mol. The second kappa shape index (κ2) is 31.3. The number of hydrogen-bond acceptors (Lipinski definition) is 16. The Kier molecular flexibility index (Phi) is 29.9. The van der Waals surface area contributed by atoms with Crippen LogP contribution in [0, 0.1) is 0 Å². The van der Waals surface area contributed by atoms with Crippen molar-refractivity contribution >= 4 is 43.2 Å². The molecule has 4 unspecified atom stereocenters. The average Bonchev–Trinajstić information content (AvgIpc) is 3.16. The van der Waals surface area contributed by atoms with Crippen molar-refractivity contribution in [1.29, 1.82) is 0 Å². The van der Waals surface area contributed by atoms with Crippen molar-refractivity contribution in [3.8, 4) is 0 Å². The number of esters is 2. The summed E-state index contributed by atoms with van der Waals surface area (Å²) in [6.45, 7) is 1.15. The molecule has 11 N–H and O–H groups in total. The molecule has 0 bridgehead atoms. The number of unbranched alkanes of at least 4 members (excludes halogenated alkanes) is 18. The Hall–Kier alpha value is -0.740. The minimum atomic E-state index is -5.78. The molecule has 8 atom stereocenters. The van der Waals surface area contributed by atoms with Gasteiger partial charge in [0.2, 0.25) is 0 Å². The highest BCUT2D eigenvalue weighted by atomic mass is 31.2. The van der Waals surface area contributed by atoms with Gasteiger partial charge in [0.05, 0.1) is 6.61 Å². The van der Waals surface area contributed by atoms with Gasteiger partial charge in [-0.3, -0.25) is 32.2 Å². The largest absolute Gasteiger partial charge is 0.472 e. The molecule has 27 heteroatoms. The SMILES string of the molecule is CCCCCCCCCCCCCCCC(=O)O[C@H](COC(=O)CCCCCCCCCN)COP(=O)(O)OC1C(O)[C@@H](OP(=O)(O)O)C(OP(=O)(O)O)[C@@H](OP(=O)(O)O)[C@H]1O. The summed E-state index contributed by atoms with van der Waals surface area (Å²) in [5.41, 5.74) is 5.50. The predicted octanol–water partition coefficient (Wildman–Crippen LogP) is 4.67. The Labute approximate surface area is 363 Å². The molecule has 23 nitrogen and oxygen atoms in total. The Bertz CT molecular complexity index is 1410. The lowest BCUT2D eigenvalue weighted by Crippen LogP contribution is -2.65. The van der Waals surface area contributed by atoms with E-state index in [1.807, 2.05) is 0 Å². The van der Waals surface area contributed by atoms with Crippen molar-refractivity contribution in [2.45, 2.75) is 191 Å². The molecule has 1 fully saturated rings. The zero-order valence-corrected chi connectivity index (χ0v) is 39.0. The van der Waals surface area contributed by atoms with Gasteiger partial charge in [-0.25, -0.2) is 18.3 Å². The van der Waals surface area contributed by atoms with Gasteiger partial charge in [0.15, 0.2) is 6.10 Å². The van der Waals surface area contributed by atoms with E-state index in [-0.39, 0.29) is 12.8 Å². The predicted molar refractivity (Wildman–Crippen MR) is 221 cm³/mol. The standard InChI is InChI=1S/C35H71NO22P4/c1-2-3-4-5-6-7-8-9-10-11-13-17-20-23-29(38)54-27(25-52-28(37)22-19-16-14-12-15-18-21-24-36)26-53-62(50,51)58-32-30(39)33(55-59(41,42)43)35(57-61(47,48)49)34(31(32)40)56-60(44,45)46/h27,30-35,39-40H,2-26,36H2,1H3,(H,50,51)(H2,41,42,43)(H2,44,45,46)(H2,47,48,49)/t27-,30+,31?,32?,33+,34-,35?/m1/s1. The fraction of sp³-hybridized carbons (Fsp3) is 0.943. The summed E-state index contributed by atoms with van der Waals surface area (Å²) in [4.78, 5) is 92.2. The topological polar surface area (TPSA) is 375 Å². The highest BCUT2D eigenvalue weighted by molar-refractivity contribution is 7.47. The summed E-state index contributed by atoms with van der Waals surface area (Å²) in [7, 11) is -23.0. The molecular formula is C35H71NO22P4. The second-order valence-electron chi connectivity index (χ2n) is 15.3. The van der Waals surface area contributed by atoms with Crippen LogP contribution in [0.4, 0.5) is 0 Å². The molecule has 0 radical (unpaired) electrons.